The summed E-state index contributed by atoms with van der Waals surface area (Å²) >= 11 is 0. The Balaban J connectivity index is 1.81. The van der Waals surface area contributed by atoms with E-state index in [0.29, 0.717) is 22.4 Å². The molecule has 0 saturated heterocycles. The second kappa shape index (κ2) is 11.0. The zero-order valence-corrected chi connectivity index (χ0v) is 21.7. The number of amides is 1. The number of ether oxygens (including phenoxy) is 3. The molecule has 0 aliphatic carbocycles. The lowest BCUT2D eigenvalue weighted by molar-refractivity contribution is 0.203. The molecule has 10 nitrogen and oxygen atoms in total. The Kier molecular flexibility index (Phi) is 7.74. The molecule has 1 aromatic heterocycles. The molecule has 200 valence electrons. The number of rotatable bonds is 9. The molecule has 0 atom stereocenters. The molecule has 0 radical (unpaired) electrons. The van der Waals surface area contributed by atoms with Crippen molar-refractivity contribution in [2.75, 3.05) is 37.8 Å². The highest BCUT2D eigenvalue weighted by Gasteiger charge is 2.26. The van der Waals surface area contributed by atoms with E-state index in [2.05, 4.69) is 5.32 Å². The van der Waals surface area contributed by atoms with Gasteiger partial charge in [0.15, 0.2) is 11.5 Å². The highest BCUT2D eigenvalue weighted by atomic mass is 32.2. The molecular weight excluding hydrogens is 517 g/mol. The smallest absolute Gasteiger partial charge is 0.412 e. The minimum atomic E-state index is -3.69. The van der Waals surface area contributed by atoms with Gasteiger partial charge in [0, 0.05) is 31.8 Å². The lowest BCUT2D eigenvalue weighted by atomic mass is 10.1. The maximum atomic E-state index is 13.2. The lowest BCUT2D eigenvalue weighted by Gasteiger charge is -2.23. The molecular formula is C26H26FN3O7S. The molecule has 1 amide bonds. The normalized spacial score (nSPS) is 11.3. The van der Waals surface area contributed by atoms with E-state index in [9.17, 15) is 17.6 Å². The van der Waals surface area contributed by atoms with E-state index < -0.39 is 16.1 Å². The van der Waals surface area contributed by atoms with Crippen molar-refractivity contribution < 1.29 is 36.2 Å². The van der Waals surface area contributed by atoms with Crippen LogP contribution in [0, 0.1) is 5.82 Å². The van der Waals surface area contributed by atoms with Crippen molar-refractivity contribution in [1.29, 1.82) is 0 Å². The number of fused-ring (bicyclic) bond motifs is 1. The minimum Gasteiger partial charge on any atom is -0.495 e. The molecule has 4 rings (SSSR count). The first-order valence-electron chi connectivity index (χ1n) is 11.4. The van der Waals surface area contributed by atoms with Gasteiger partial charge in [0.25, 0.3) is 0 Å². The predicted molar refractivity (Wildman–Crippen MR) is 141 cm³/mol. The number of nitrogens with zero attached hydrogens (tertiary/aromatic N) is 1. The Labute approximate surface area is 218 Å². The predicted octanol–water partition coefficient (Wildman–Crippen LogP) is 4.48. The van der Waals surface area contributed by atoms with Crippen LogP contribution in [0.25, 0.3) is 22.3 Å². The minimum absolute atomic E-state index is 0.0192. The second-order valence-corrected chi connectivity index (χ2v) is 10.0. The standard InChI is InChI=1S/C26H26FN3O7S/c1-29-26(31)37-25-20-14-23(34-2)21(30(13-12-28)38(3,32)33)15-22(20)36-24(25)16-4-8-18(9-5-16)35-19-10-6-17(27)7-11-19/h4-11,14-15H,12-13,28H2,1-3H3,(H,29,31). The SMILES string of the molecule is CNC(=O)Oc1c(-c2ccc(Oc3ccc(F)cc3)cc2)oc2cc(N(CCN)S(C)(=O)=O)c(OC)cc12. The second-order valence-electron chi connectivity index (χ2n) is 8.12. The number of carbonyl (C=O) groups excluding carboxylic acids is 1. The summed E-state index contributed by atoms with van der Waals surface area (Å²) in [4.78, 5) is 12.2. The van der Waals surface area contributed by atoms with E-state index in [1.807, 2.05) is 0 Å². The number of nitrogens with one attached hydrogen (secondary N) is 1. The number of furan rings is 1. The summed E-state index contributed by atoms with van der Waals surface area (Å²) in [6.07, 6.45) is 0.337. The summed E-state index contributed by atoms with van der Waals surface area (Å²) in [5.74, 6) is 1.12. The average Bonchev–Trinajstić information content (AvgIpc) is 3.24. The Morgan fingerprint density at radius 1 is 1.08 bits per heavy atom. The number of sulfonamides is 1. The molecule has 0 saturated carbocycles. The van der Waals surface area contributed by atoms with Gasteiger partial charge in [-0.25, -0.2) is 17.6 Å². The Morgan fingerprint density at radius 3 is 2.26 bits per heavy atom. The highest BCUT2D eigenvalue weighted by molar-refractivity contribution is 7.92. The third kappa shape index (κ3) is 5.66. The summed E-state index contributed by atoms with van der Waals surface area (Å²) in [5.41, 5.74) is 6.68. The van der Waals surface area contributed by atoms with Gasteiger partial charge in [-0.2, -0.15) is 0 Å². The van der Waals surface area contributed by atoms with E-state index >= 15 is 0 Å². The molecule has 3 N–H and O–H groups in total. The Hall–Kier alpha value is -4.29. The number of benzene rings is 3. The molecule has 0 aliphatic rings. The molecule has 0 aliphatic heterocycles. The van der Waals surface area contributed by atoms with Gasteiger partial charge in [-0.05, 0) is 54.6 Å². The van der Waals surface area contributed by atoms with Crippen LogP contribution < -0.4 is 29.6 Å². The van der Waals surface area contributed by atoms with E-state index in [-0.39, 0.29) is 47.4 Å². The lowest BCUT2D eigenvalue weighted by Crippen LogP contribution is -2.34. The Bertz CT molecular complexity index is 1550. The topological polar surface area (TPSA) is 133 Å². The van der Waals surface area contributed by atoms with Gasteiger partial charge in [0.05, 0.1) is 24.4 Å². The molecule has 0 spiro atoms. The average molecular weight is 544 g/mol. The number of hydrogen-bond donors (Lipinski definition) is 2. The third-order valence-corrected chi connectivity index (χ3v) is 6.69. The maximum Gasteiger partial charge on any atom is 0.412 e. The van der Waals surface area contributed by atoms with Crippen molar-refractivity contribution in [1.82, 2.24) is 5.32 Å². The van der Waals surface area contributed by atoms with Crippen LogP contribution in [0.2, 0.25) is 0 Å². The van der Waals surface area contributed by atoms with Crippen molar-refractivity contribution in [2.45, 2.75) is 0 Å². The van der Waals surface area contributed by atoms with Gasteiger partial charge in [0.2, 0.25) is 10.0 Å². The fourth-order valence-corrected chi connectivity index (χ4v) is 4.72. The van der Waals surface area contributed by atoms with Crippen LogP contribution in [0.15, 0.2) is 65.1 Å². The molecule has 38 heavy (non-hydrogen) atoms. The highest BCUT2D eigenvalue weighted by Crippen LogP contribution is 2.45. The summed E-state index contributed by atoms with van der Waals surface area (Å²) in [6, 6.07) is 15.4. The molecule has 4 aromatic rings. The monoisotopic (exact) mass is 543 g/mol. The van der Waals surface area contributed by atoms with Crippen LogP contribution in [0.3, 0.4) is 0 Å². The first-order valence-corrected chi connectivity index (χ1v) is 13.2. The van der Waals surface area contributed by atoms with Crippen LogP contribution in [0.5, 0.6) is 23.0 Å². The van der Waals surface area contributed by atoms with Crippen LogP contribution in [-0.4, -0.2) is 48.0 Å². The molecule has 1 heterocycles. The summed E-state index contributed by atoms with van der Waals surface area (Å²) in [6.45, 7) is 0.0976. The summed E-state index contributed by atoms with van der Waals surface area (Å²) < 4.78 is 62.0. The largest absolute Gasteiger partial charge is 0.495 e. The van der Waals surface area contributed by atoms with E-state index in [4.69, 9.17) is 24.4 Å². The number of nitrogens with two attached hydrogens (primary N) is 1. The molecule has 0 bridgehead atoms. The molecule has 0 unspecified atom stereocenters. The fraction of sp³-hybridized carbons (Fsp3) is 0.192. The van der Waals surface area contributed by atoms with Gasteiger partial charge in [-0.15, -0.1) is 0 Å². The molecule has 3 aromatic carbocycles. The van der Waals surface area contributed by atoms with Crippen molar-refractivity contribution >= 4 is 32.8 Å². The summed E-state index contributed by atoms with van der Waals surface area (Å²) in [7, 11) is -0.877. The fourth-order valence-electron chi connectivity index (χ4n) is 3.78. The van der Waals surface area contributed by atoms with Crippen LogP contribution in [0.1, 0.15) is 0 Å². The zero-order valence-electron chi connectivity index (χ0n) is 20.9. The van der Waals surface area contributed by atoms with Gasteiger partial charge < -0.3 is 29.7 Å². The Morgan fingerprint density at radius 2 is 1.71 bits per heavy atom. The van der Waals surface area contributed by atoms with Gasteiger partial charge in [0.1, 0.15) is 28.6 Å². The van der Waals surface area contributed by atoms with Gasteiger partial charge in [-0.3, -0.25) is 4.31 Å². The number of carbonyl (C=O) groups is 1. The van der Waals surface area contributed by atoms with E-state index in [0.717, 1.165) is 10.6 Å². The van der Waals surface area contributed by atoms with E-state index in [1.165, 1.54) is 50.6 Å². The van der Waals surface area contributed by atoms with E-state index in [1.54, 1.807) is 24.3 Å². The number of halogens is 1. The van der Waals surface area contributed by atoms with Crippen molar-refractivity contribution in [3.05, 3.63) is 66.5 Å². The zero-order chi connectivity index (χ0) is 27.4. The number of anilines is 1. The van der Waals surface area contributed by atoms with Gasteiger partial charge in [-0.1, -0.05) is 0 Å². The molecule has 12 heteroatoms. The first kappa shape index (κ1) is 26.8. The van der Waals surface area contributed by atoms with Gasteiger partial charge >= 0.3 is 6.09 Å². The number of hydrogen-bond acceptors (Lipinski definition) is 8. The molecule has 0 fully saturated rings. The van der Waals surface area contributed by atoms with Crippen molar-refractivity contribution in [2.24, 2.45) is 5.73 Å². The first-order chi connectivity index (χ1) is 18.1. The summed E-state index contributed by atoms with van der Waals surface area (Å²) in [5, 5.41) is 2.79. The third-order valence-electron chi connectivity index (χ3n) is 5.51. The quantitative estimate of drug-likeness (QED) is 0.316. The number of methoxy groups -OCH3 is 1. The maximum absolute atomic E-state index is 13.2. The van der Waals surface area contributed by atoms with Crippen LogP contribution in [0.4, 0.5) is 14.9 Å². The van der Waals surface area contributed by atoms with Crippen molar-refractivity contribution in [3.8, 4) is 34.3 Å². The van der Waals surface area contributed by atoms with Crippen molar-refractivity contribution in [3.63, 3.8) is 0 Å². The van der Waals surface area contributed by atoms with Crippen LogP contribution in [-0.2, 0) is 10.0 Å². The van der Waals surface area contributed by atoms with Crippen LogP contribution >= 0.6 is 0 Å².